The molecule has 0 aliphatic heterocycles. The van der Waals surface area contributed by atoms with Gasteiger partial charge in [0.2, 0.25) is 0 Å². The van der Waals surface area contributed by atoms with Crippen LogP contribution in [0.25, 0.3) is 0 Å². The van der Waals surface area contributed by atoms with E-state index in [0.29, 0.717) is 13.0 Å². The van der Waals surface area contributed by atoms with Crippen LogP contribution >= 0.6 is 0 Å². The number of nitrogens with one attached hydrogen (secondary N) is 1. The number of aliphatic hydroxyl groups excluding tert-OH is 1. The molecule has 3 heteroatoms. The molecule has 1 aromatic carbocycles. The molecule has 100 valence electrons. The van der Waals surface area contributed by atoms with Crippen LogP contribution in [-0.2, 0) is 13.0 Å². The highest BCUT2D eigenvalue weighted by atomic mass is 16.3. The first-order chi connectivity index (χ1) is 9.25. The quantitative estimate of drug-likeness (QED) is 0.832. The van der Waals surface area contributed by atoms with Crippen molar-refractivity contribution in [3.05, 3.63) is 66.0 Å². The summed E-state index contributed by atoms with van der Waals surface area (Å²) in [4.78, 5) is 4.25. The average Bonchev–Trinajstić information content (AvgIpc) is 2.47. The molecule has 0 radical (unpaired) electrons. The molecule has 0 saturated heterocycles. The van der Waals surface area contributed by atoms with Gasteiger partial charge in [-0.05, 0) is 31.0 Å². The van der Waals surface area contributed by atoms with Crippen LogP contribution in [0.3, 0.4) is 0 Å². The second-order valence-electron chi connectivity index (χ2n) is 4.75. The SMILES string of the molecule is C[C@H](NCc1ccccn1)[C@@H](O)Cc1ccccc1. The molecule has 2 N–H and O–H groups in total. The number of pyridine rings is 1. The molecular weight excluding hydrogens is 236 g/mol. The summed E-state index contributed by atoms with van der Waals surface area (Å²) in [6.07, 6.45) is 2.05. The van der Waals surface area contributed by atoms with Crippen LogP contribution in [-0.4, -0.2) is 22.2 Å². The lowest BCUT2D eigenvalue weighted by atomic mass is 10.0. The highest BCUT2D eigenvalue weighted by Crippen LogP contribution is 2.06. The summed E-state index contributed by atoms with van der Waals surface area (Å²) in [6, 6.07) is 15.9. The highest BCUT2D eigenvalue weighted by molar-refractivity contribution is 5.15. The van der Waals surface area contributed by atoms with Crippen LogP contribution < -0.4 is 5.32 Å². The molecule has 1 aromatic heterocycles. The monoisotopic (exact) mass is 256 g/mol. The molecule has 0 unspecified atom stereocenters. The lowest BCUT2D eigenvalue weighted by molar-refractivity contribution is 0.133. The van der Waals surface area contributed by atoms with Crippen LogP contribution in [0.15, 0.2) is 54.7 Å². The summed E-state index contributed by atoms with van der Waals surface area (Å²) in [6.45, 7) is 2.67. The minimum absolute atomic E-state index is 0.0298. The fourth-order valence-electron chi connectivity index (χ4n) is 1.94. The third-order valence-electron chi connectivity index (χ3n) is 3.20. The van der Waals surface area contributed by atoms with Crippen molar-refractivity contribution in [2.75, 3.05) is 0 Å². The lowest BCUT2D eigenvalue weighted by Gasteiger charge is -2.20. The van der Waals surface area contributed by atoms with Gasteiger partial charge in [-0.2, -0.15) is 0 Å². The molecule has 0 amide bonds. The predicted molar refractivity (Wildman–Crippen MR) is 76.7 cm³/mol. The van der Waals surface area contributed by atoms with Gasteiger partial charge in [-0.15, -0.1) is 0 Å². The molecular formula is C16H20N2O. The zero-order valence-electron chi connectivity index (χ0n) is 11.2. The second-order valence-corrected chi connectivity index (χ2v) is 4.75. The van der Waals surface area contributed by atoms with Crippen LogP contribution in [0, 0.1) is 0 Å². The largest absolute Gasteiger partial charge is 0.391 e. The molecule has 0 spiro atoms. The van der Waals surface area contributed by atoms with Gasteiger partial charge in [0.05, 0.1) is 11.8 Å². The molecule has 0 aliphatic carbocycles. The Morgan fingerprint density at radius 2 is 1.84 bits per heavy atom. The van der Waals surface area contributed by atoms with Crippen molar-refractivity contribution in [1.29, 1.82) is 0 Å². The Labute approximate surface area is 114 Å². The minimum Gasteiger partial charge on any atom is -0.391 e. The third kappa shape index (κ3) is 4.47. The Bertz CT molecular complexity index is 473. The molecule has 2 atom stereocenters. The van der Waals surface area contributed by atoms with Gasteiger partial charge in [0.25, 0.3) is 0 Å². The Morgan fingerprint density at radius 1 is 1.11 bits per heavy atom. The fraction of sp³-hybridized carbons (Fsp3) is 0.312. The maximum absolute atomic E-state index is 10.2. The van der Waals surface area contributed by atoms with Gasteiger partial charge in [-0.3, -0.25) is 4.98 Å². The van der Waals surface area contributed by atoms with E-state index in [1.54, 1.807) is 6.20 Å². The number of aromatic nitrogens is 1. The van der Waals surface area contributed by atoms with Crippen molar-refractivity contribution in [2.45, 2.75) is 32.0 Å². The molecule has 2 aromatic rings. The van der Waals surface area contributed by atoms with Gasteiger partial charge in [0.15, 0.2) is 0 Å². The first-order valence-corrected chi connectivity index (χ1v) is 6.61. The number of nitrogens with zero attached hydrogens (tertiary/aromatic N) is 1. The first kappa shape index (κ1) is 13.7. The zero-order valence-corrected chi connectivity index (χ0v) is 11.2. The van der Waals surface area contributed by atoms with Gasteiger partial charge >= 0.3 is 0 Å². The molecule has 0 fully saturated rings. The Kier molecular flexibility index (Phi) is 5.07. The Hall–Kier alpha value is -1.71. The second kappa shape index (κ2) is 7.02. The maximum atomic E-state index is 10.2. The van der Waals surface area contributed by atoms with Gasteiger partial charge in [0.1, 0.15) is 0 Å². The summed E-state index contributed by atoms with van der Waals surface area (Å²) in [7, 11) is 0. The standard InChI is InChI=1S/C16H20N2O/c1-13(18-12-15-9-5-6-10-17-15)16(19)11-14-7-3-2-4-8-14/h2-10,13,16,18-19H,11-12H2,1H3/t13-,16-/m0/s1. The van der Waals surface area contributed by atoms with Crippen molar-refractivity contribution < 1.29 is 5.11 Å². The smallest absolute Gasteiger partial charge is 0.0730 e. The zero-order chi connectivity index (χ0) is 13.5. The van der Waals surface area contributed by atoms with E-state index in [2.05, 4.69) is 10.3 Å². The topological polar surface area (TPSA) is 45.2 Å². The number of rotatable bonds is 6. The van der Waals surface area contributed by atoms with Crippen LogP contribution in [0.4, 0.5) is 0 Å². The van der Waals surface area contributed by atoms with E-state index in [0.717, 1.165) is 11.3 Å². The molecule has 1 heterocycles. The number of benzene rings is 1. The summed E-state index contributed by atoms with van der Waals surface area (Å²) in [5, 5.41) is 13.5. The predicted octanol–water partition coefficient (Wildman–Crippen LogP) is 2.16. The summed E-state index contributed by atoms with van der Waals surface area (Å²) in [5.41, 5.74) is 2.14. The summed E-state index contributed by atoms with van der Waals surface area (Å²) < 4.78 is 0. The van der Waals surface area contributed by atoms with E-state index < -0.39 is 6.10 Å². The van der Waals surface area contributed by atoms with Crippen LogP contribution in [0.5, 0.6) is 0 Å². The Balaban J connectivity index is 1.81. The van der Waals surface area contributed by atoms with Crippen molar-refractivity contribution in [1.82, 2.24) is 10.3 Å². The maximum Gasteiger partial charge on any atom is 0.0730 e. The number of aliphatic hydroxyl groups is 1. The van der Waals surface area contributed by atoms with Crippen LogP contribution in [0.2, 0.25) is 0 Å². The normalized spacial score (nSPS) is 14.0. The van der Waals surface area contributed by atoms with Gasteiger partial charge in [-0.1, -0.05) is 36.4 Å². The summed E-state index contributed by atoms with van der Waals surface area (Å²) in [5.74, 6) is 0. The van der Waals surface area contributed by atoms with Crippen molar-refractivity contribution in [3.8, 4) is 0 Å². The number of hydrogen-bond donors (Lipinski definition) is 2. The molecule has 3 nitrogen and oxygen atoms in total. The van der Waals surface area contributed by atoms with Crippen molar-refractivity contribution in [2.24, 2.45) is 0 Å². The molecule has 2 rings (SSSR count). The van der Waals surface area contributed by atoms with Gasteiger partial charge in [0, 0.05) is 18.8 Å². The van der Waals surface area contributed by atoms with E-state index in [1.165, 1.54) is 0 Å². The van der Waals surface area contributed by atoms with Crippen molar-refractivity contribution in [3.63, 3.8) is 0 Å². The van der Waals surface area contributed by atoms with E-state index in [-0.39, 0.29) is 6.04 Å². The Morgan fingerprint density at radius 3 is 2.53 bits per heavy atom. The molecule has 0 aliphatic rings. The molecule has 19 heavy (non-hydrogen) atoms. The minimum atomic E-state index is -0.397. The average molecular weight is 256 g/mol. The van der Waals surface area contributed by atoms with Crippen LogP contribution in [0.1, 0.15) is 18.2 Å². The number of hydrogen-bond acceptors (Lipinski definition) is 3. The first-order valence-electron chi connectivity index (χ1n) is 6.61. The fourth-order valence-corrected chi connectivity index (χ4v) is 1.94. The van der Waals surface area contributed by atoms with Gasteiger partial charge in [-0.25, -0.2) is 0 Å². The molecule has 0 saturated carbocycles. The van der Waals surface area contributed by atoms with E-state index in [4.69, 9.17) is 0 Å². The van der Waals surface area contributed by atoms with E-state index >= 15 is 0 Å². The van der Waals surface area contributed by atoms with Crippen molar-refractivity contribution >= 4 is 0 Å². The van der Waals surface area contributed by atoms with E-state index in [1.807, 2.05) is 55.5 Å². The molecule has 0 bridgehead atoms. The third-order valence-corrected chi connectivity index (χ3v) is 3.20. The van der Waals surface area contributed by atoms with Gasteiger partial charge < -0.3 is 10.4 Å². The highest BCUT2D eigenvalue weighted by Gasteiger charge is 2.14. The lowest BCUT2D eigenvalue weighted by Crippen LogP contribution is -2.38. The summed E-state index contributed by atoms with van der Waals surface area (Å²) >= 11 is 0. The van der Waals surface area contributed by atoms with E-state index in [9.17, 15) is 5.11 Å².